The Morgan fingerprint density at radius 1 is 1.22 bits per heavy atom. The van der Waals surface area contributed by atoms with Gasteiger partial charge in [0.1, 0.15) is 0 Å². The molecule has 0 aromatic carbocycles. The summed E-state index contributed by atoms with van der Waals surface area (Å²) in [6.45, 7) is 9.62. The third-order valence-electron chi connectivity index (χ3n) is 3.31. The maximum Gasteiger partial charge on any atom is 0.231 e. The lowest BCUT2D eigenvalue weighted by molar-refractivity contribution is 0.269. The first-order valence-corrected chi connectivity index (χ1v) is 6.15. The molecule has 0 amide bonds. The molecule has 6 nitrogen and oxygen atoms in total. The molecule has 1 aromatic rings. The summed E-state index contributed by atoms with van der Waals surface area (Å²) in [6.07, 6.45) is 0. The number of nitrogens with zero attached hydrogens (tertiary/aromatic N) is 4. The van der Waals surface area contributed by atoms with Gasteiger partial charge in [0, 0.05) is 20.6 Å². The summed E-state index contributed by atoms with van der Waals surface area (Å²) in [7, 11) is 3.74. The molecule has 0 radical (unpaired) electrons. The molecule has 0 atom stereocenters. The van der Waals surface area contributed by atoms with E-state index in [1.54, 1.807) is 4.90 Å². The number of rotatable bonds is 5. The quantitative estimate of drug-likeness (QED) is 0.829. The van der Waals surface area contributed by atoms with Gasteiger partial charge in [-0.2, -0.15) is 15.0 Å². The van der Waals surface area contributed by atoms with Crippen LogP contribution in [-0.4, -0.2) is 35.6 Å². The third-order valence-corrected chi connectivity index (χ3v) is 3.31. The van der Waals surface area contributed by atoms with Gasteiger partial charge < -0.3 is 16.0 Å². The minimum Gasteiger partial charge on any atom is -0.368 e. The normalized spacial score (nSPS) is 11.7. The van der Waals surface area contributed by atoms with Gasteiger partial charge in [-0.25, -0.2) is 0 Å². The average molecular weight is 252 g/mol. The topological polar surface area (TPSA) is 80.0 Å². The molecule has 6 heteroatoms. The van der Waals surface area contributed by atoms with Gasteiger partial charge in [-0.1, -0.05) is 27.7 Å². The molecule has 3 N–H and O–H groups in total. The van der Waals surface area contributed by atoms with E-state index in [1.807, 2.05) is 14.1 Å². The van der Waals surface area contributed by atoms with Crippen molar-refractivity contribution >= 4 is 17.8 Å². The van der Waals surface area contributed by atoms with Gasteiger partial charge in [0.25, 0.3) is 0 Å². The van der Waals surface area contributed by atoms with Crippen LogP contribution in [0.15, 0.2) is 0 Å². The summed E-state index contributed by atoms with van der Waals surface area (Å²) >= 11 is 0. The lowest BCUT2D eigenvalue weighted by atomic mass is 9.81. The van der Waals surface area contributed by atoms with Gasteiger partial charge in [-0.15, -0.1) is 0 Å². The fourth-order valence-electron chi connectivity index (χ4n) is 1.17. The standard InChI is InChI=1S/C12H24N6/c1-8(2)12(3,4)7-14-10-15-9(13)16-11(17-10)18(5)6/h8H,7H2,1-6H3,(H3,13,14,15,16,17). The van der Waals surface area contributed by atoms with Crippen LogP contribution in [0.3, 0.4) is 0 Å². The third kappa shape index (κ3) is 3.72. The van der Waals surface area contributed by atoms with E-state index in [0.29, 0.717) is 17.8 Å². The number of hydrogen-bond donors (Lipinski definition) is 2. The van der Waals surface area contributed by atoms with E-state index in [2.05, 4.69) is 48.0 Å². The van der Waals surface area contributed by atoms with Gasteiger partial charge in [0.2, 0.25) is 17.8 Å². The maximum absolute atomic E-state index is 5.67. The van der Waals surface area contributed by atoms with E-state index in [1.165, 1.54) is 0 Å². The first-order chi connectivity index (χ1) is 8.22. The van der Waals surface area contributed by atoms with E-state index in [-0.39, 0.29) is 11.4 Å². The van der Waals surface area contributed by atoms with Crippen molar-refractivity contribution in [2.75, 3.05) is 36.6 Å². The zero-order valence-corrected chi connectivity index (χ0v) is 12.2. The van der Waals surface area contributed by atoms with Crippen LogP contribution in [0.4, 0.5) is 17.8 Å². The van der Waals surface area contributed by atoms with Crippen molar-refractivity contribution in [2.45, 2.75) is 27.7 Å². The highest BCUT2D eigenvalue weighted by molar-refractivity contribution is 5.40. The molecule has 0 unspecified atom stereocenters. The minimum absolute atomic E-state index is 0.166. The van der Waals surface area contributed by atoms with Crippen LogP contribution in [0.2, 0.25) is 0 Å². The fourth-order valence-corrected chi connectivity index (χ4v) is 1.17. The predicted octanol–water partition coefficient (Wildman–Crippen LogP) is 1.61. The van der Waals surface area contributed by atoms with Gasteiger partial charge in [0.15, 0.2) is 0 Å². The van der Waals surface area contributed by atoms with Crippen LogP contribution < -0.4 is 16.0 Å². The Balaban J connectivity index is 2.79. The molecular formula is C12H24N6. The SMILES string of the molecule is CC(C)C(C)(C)CNc1nc(N)nc(N(C)C)n1. The fraction of sp³-hybridized carbons (Fsp3) is 0.750. The van der Waals surface area contributed by atoms with Crippen molar-refractivity contribution < 1.29 is 0 Å². The van der Waals surface area contributed by atoms with E-state index < -0.39 is 0 Å². The number of anilines is 3. The summed E-state index contributed by atoms with van der Waals surface area (Å²) in [5.74, 6) is 1.89. The zero-order chi connectivity index (χ0) is 13.9. The van der Waals surface area contributed by atoms with Gasteiger partial charge in [-0.05, 0) is 11.3 Å². The lowest BCUT2D eigenvalue weighted by Crippen LogP contribution is -2.29. The van der Waals surface area contributed by atoms with Gasteiger partial charge in [-0.3, -0.25) is 0 Å². The van der Waals surface area contributed by atoms with E-state index in [4.69, 9.17) is 5.73 Å². The molecule has 18 heavy (non-hydrogen) atoms. The van der Waals surface area contributed by atoms with E-state index in [9.17, 15) is 0 Å². The summed E-state index contributed by atoms with van der Waals surface area (Å²) in [4.78, 5) is 14.3. The van der Waals surface area contributed by atoms with E-state index in [0.717, 1.165) is 6.54 Å². The number of aromatic nitrogens is 3. The van der Waals surface area contributed by atoms with Crippen LogP contribution in [0.5, 0.6) is 0 Å². The molecule has 1 heterocycles. The van der Waals surface area contributed by atoms with Crippen LogP contribution in [0.25, 0.3) is 0 Å². The van der Waals surface area contributed by atoms with E-state index >= 15 is 0 Å². The average Bonchev–Trinajstić information content (AvgIpc) is 2.25. The van der Waals surface area contributed by atoms with Crippen LogP contribution >= 0.6 is 0 Å². The van der Waals surface area contributed by atoms with Gasteiger partial charge >= 0.3 is 0 Å². The maximum atomic E-state index is 5.67. The van der Waals surface area contributed by atoms with Crippen molar-refractivity contribution in [1.29, 1.82) is 0 Å². The van der Waals surface area contributed by atoms with Crippen LogP contribution in [-0.2, 0) is 0 Å². The Labute approximate surface area is 109 Å². The molecule has 102 valence electrons. The van der Waals surface area contributed by atoms with Crippen molar-refractivity contribution in [2.24, 2.45) is 11.3 Å². The zero-order valence-electron chi connectivity index (χ0n) is 12.2. The second-order valence-electron chi connectivity index (χ2n) is 5.71. The van der Waals surface area contributed by atoms with Crippen molar-refractivity contribution in [1.82, 2.24) is 15.0 Å². The molecule has 0 fully saturated rings. The molecule has 0 bridgehead atoms. The van der Waals surface area contributed by atoms with Crippen LogP contribution in [0.1, 0.15) is 27.7 Å². The Morgan fingerprint density at radius 2 is 1.83 bits per heavy atom. The number of nitrogens with two attached hydrogens (primary N) is 1. The van der Waals surface area contributed by atoms with Crippen molar-refractivity contribution in [3.8, 4) is 0 Å². The smallest absolute Gasteiger partial charge is 0.231 e. The summed E-state index contributed by atoms with van der Waals surface area (Å²) in [5, 5.41) is 3.23. The second kappa shape index (κ2) is 5.37. The Hall–Kier alpha value is -1.59. The number of nitrogen functional groups attached to an aromatic ring is 1. The molecule has 0 aliphatic carbocycles. The number of hydrogen-bond acceptors (Lipinski definition) is 6. The Kier molecular flexibility index (Phi) is 4.32. The van der Waals surface area contributed by atoms with Crippen molar-refractivity contribution in [3.63, 3.8) is 0 Å². The summed E-state index contributed by atoms with van der Waals surface area (Å²) < 4.78 is 0. The highest BCUT2D eigenvalue weighted by Gasteiger charge is 2.22. The minimum atomic E-state index is 0.166. The van der Waals surface area contributed by atoms with Gasteiger partial charge in [0.05, 0.1) is 0 Å². The largest absolute Gasteiger partial charge is 0.368 e. The predicted molar refractivity (Wildman–Crippen MR) is 75.7 cm³/mol. The Bertz CT molecular complexity index is 400. The molecule has 0 spiro atoms. The molecule has 0 saturated heterocycles. The molecule has 1 rings (SSSR count). The lowest BCUT2D eigenvalue weighted by Gasteiger charge is -2.29. The molecule has 1 aromatic heterocycles. The highest BCUT2D eigenvalue weighted by atomic mass is 15.3. The number of nitrogens with one attached hydrogen (secondary N) is 1. The first kappa shape index (κ1) is 14.5. The Morgan fingerprint density at radius 3 is 2.33 bits per heavy atom. The second-order valence-corrected chi connectivity index (χ2v) is 5.71. The first-order valence-electron chi connectivity index (χ1n) is 6.15. The molecule has 0 aliphatic heterocycles. The summed E-state index contributed by atoms with van der Waals surface area (Å²) in [6, 6.07) is 0. The monoisotopic (exact) mass is 252 g/mol. The highest BCUT2D eigenvalue weighted by Crippen LogP contribution is 2.26. The molecule has 0 aliphatic rings. The molecular weight excluding hydrogens is 228 g/mol. The molecule has 0 saturated carbocycles. The summed E-state index contributed by atoms with van der Waals surface area (Å²) in [5.41, 5.74) is 5.83. The van der Waals surface area contributed by atoms with Crippen LogP contribution in [0, 0.1) is 11.3 Å². The van der Waals surface area contributed by atoms with Crippen molar-refractivity contribution in [3.05, 3.63) is 0 Å².